The Morgan fingerprint density at radius 2 is 1.90 bits per heavy atom. The van der Waals surface area contributed by atoms with Crippen LogP contribution in [0.3, 0.4) is 0 Å². The summed E-state index contributed by atoms with van der Waals surface area (Å²) in [6, 6.07) is 4.70. The lowest BCUT2D eigenvalue weighted by atomic mass is 9.94. The standard InChI is InChI=1S/C35H32BrN9O4/c1-19-16-49-17-22-4-5-32(36)41-27(22)7-30(47)28-8-35(18-43-14-24(19)12-40-43)9-31(35)45(28)33(48)15-44-29-13-39-26(23-10-37-21(3)38-11-23)6-25(29)34(42-44)20(2)46/h4-6,10-14,28,31H,1,7-9,15-18H2,2-3H3/t28-,31+,35-/m0/s1. The molecule has 2 fully saturated rings. The van der Waals surface area contributed by atoms with Gasteiger partial charge in [0, 0.05) is 60.0 Å². The number of nitrogens with zero attached hydrogens (tertiary/aromatic N) is 9. The number of carbonyl (C=O) groups excluding carboxylic acids is 3. The molecule has 3 atom stereocenters. The minimum absolute atomic E-state index is 0.0519. The maximum absolute atomic E-state index is 14.4. The van der Waals surface area contributed by atoms with Crippen molar-refractivity contribution in [3.05, 3.63) is 88.7 Å². The number of rotatable bonds is 4. The molecular weight excluding hydrogens is 690 g/mol. The molecule has 0 unspecified atom stereocenters. The van der Waals surface area contributed by atoms with Gasteiger partial charge in [-0.05, 0) is 59.0 Å². The number of carbonyl (C=O) groups is 3. The van der Waals surface area contributed by atoms with Gasteiger partial charge >= 0.3 is 0 Å². The van der Waals surface area contributed by atoms with Crippen molar-refractivity contribution in [2.75, 3.05) is 6.61 Å². The van der Waals surface area contributed by atoms with E-state index in [-0.39, 0.29) is 54.2 Å². The summed E-state index contributed by atoms with van der Waals surface area (Å²) < 4.78 is 10.00. The van der Waals surface area contributed by atoms with Crippen LogP contribution in [0.1, 0.15) is 52.9 Å². The lowest BCUT2D eigenvalue weighted by Crippen LogP contribution is -2.45. The number of aromatic nitrogens is 8. The van der Waals surface area contributed by atoms with E-state index < -0.39 is 6.04 Å². The highest BCUT2D eigenvalue weighted by Gasteiger charge is 2.67. The average molecular weight is 723 g/mol. The zero-order valence-electron chi connectivity index (χ0n) is 27.0. The third-order valence-corrected chi connectivity index (χ3v) is 10.3. The van der Waals surface area contributed by atoms with Crippen molar-refractivity contribution in [2.24, 2.45) is 5.41 Å². The molecule has 1 saturated carbocycles. The van der Waals surface area contributed by atoms with E-state index in [9.17, 15) is 14.4 Å². The number of halogens is 1. The second kappa shape index (κ2) is 11.9. The van der Waals surface area contributed by atoms with Crippen molar-refractivity contribution < 1.29 is 19.1 Å². The molecule has 4 bridgehead atoms. The summed E-state index contributed by atoms with van der Waals surface area (Å²) in [5.74, 6) is 0.0590. The van der Waals surface area contributed by atoms with Crippen LogP contribution in [0.4, 0.5) is 0 Å². The van der Waals surface area contributed by atoms with Crippen LogP contribution in [-0.4, -0.2) is 80.6 Å². The molecule has 1 amide bonds. The van der Waals surface area contributed by atoms with Gasteiger partial charge in [0.05, 0.1) is 55.0 Å². The summed E-state index contributed by atoms with van der Waals surface area (Å²) in [6.07, 6.45) is 10.0. The van der Waals surface area contributed by atoms with Crippen LogP contribution < -0.4 is 0 Å². The summed E-state index contributed by atoms with van der Waals surface area (Å²) in [7, 11) is 0. The molecular formula is C35H32BrN9O4. The van der Waals surface area contributed by atoms with E-state index in [0.29, 0.717) is 57.9 Å². The van der Waals surface area contributed by atoms with Gasteiger partial charge < -0.3 is 9.64 Å². The largest absolute Gasteiger partial charge is 0.372 e. The number of likely N-dealkylation sites (tertiary alicyclic amines) is 1. The zero-order valence-corrected chi connectivity index (χ0v) is 28.6. The highest BCUT2D eigenvalue weighted by atomic mass is 79.9. The maximum Gasteiger partial charge on any atom is 0.245 e. The smallest absolute Gasteiger partial charge is 0.245 e. The van der Waals surface area contributed by atoms with Crippen LogP contribution in [-0.2, 0) is 40.4 Å². The van der Waals surface area contributed by atoms with Crippen molar-refractivity contribution in [1.29, 1.82) is 0 Å². The molecule has 1 saturated heterocycles. The summed E-state index contributed by atoms with van der Waals surface area (Å²) in [4.78, 5) is 60.7. The summed E-state index contributed by atoms with van der Waals surface area (Å²) >= 11 is 3.45. The van der Waals surface area contributed by atoms with E-state index in [1.165, 1.54) is 11.6 Å². The molecule has 0 radical (unpaired) electrons. The first-order valence-corrected chi connectivity index (χ1v) is 16.8. The molecule has 3 aliphatic rings. The molecule has 1 spiro atoms. The number of fused-ring (bicyclic) bond motifs is 5. The van der Waals surface area contributed by atoms with Gasteiger partial charge in [-0.1, -0.05) is 12.6 Å². The summed E-state index contributed by atoms with van der Waals surface area (Å²) in [5.41, 5.74) is 4.87. The fraction of sp³-hybridized carbons (Fsp3) is 0.343. The van der Waals surface area contributed by atoms with Gasteiger partial charge in [0.1, 0.15) is 22.7 Å². The fourth-order valence-corrected chi connectivity index (χ4v) is 7.58. The first-order chi connectivity index (χ1) is 23.6. The van der Waals surface area contributed by atoms with Gasteiger partial charge in [0.15, 0.2) is 11.6 Å². The molecule has 5 aromatic heterocycles. The predicted molar refractivity (Wildman–Crippen MR) is 181 cm³/mol. The number of piperidine rings is 1. The molecule has 14 heteroatoms. The van der Waals surface area contributed by atoms with Crippen molar-refractivity contribution >= 4 is 49.9 Å². The normalized spacial score (nSPS) is 22.0. The van der Waals surface area contributed by atoms with E-state index >= 15 is 0 Å². The zero-order chi connectivity index (χ0) is 34.0. The van der Waals surface area contributed by atoms with Crippen molar-refractivity contribution in [3.8, 4) is 11.3 Å². The molecule has 1 aliphatic carbocycles. The van der Waals surface area contributed by atoms with Gasteiger partial charge in [0.25, 0.3) is 0 Å². The van der Waals surface area contributed by atoms with Crippen LogP contribution in [0.25, 0.3) is 27.7 Å². The number of Topliss-reactive ketones (excluding diaryl/α,β-unsaturated/α-hetero) is 2. The monoisotopic (exact) mass is 721 g/mol. The number of ketones is 2. The summed E-state index contributed by atoms with van der Waals surface area (Å²) in [6.45, 7) is 8.42. The molecule has 5 aromatic rings. The molecule has 248 valence electrons. The average Bonchev–Trinajstić information content (AvgIpc) is 3.36. The number of aryl methyl sites for hydroxylation is 1. The van der Waals surface area contributed by atoms with Crippen LogP contribution in [0.2, 0.25) is 0 Å². The molecule has 0 aromatic carbocycles. The van der Waals surface area contributed by atoms with Crippen LogP contribution in [0, 0.1) is 12.3 Å². The fourth-order valence-electron chi connectivity index (χ4n) is 7.23. The minimum atomic E-state index is -0.656. The molecule has 0 N–H and O–H groups in total. The van der Waals surface area contributed by atoms with Crippen molar-refractivity contribution in [3.63, 3.8) is 0 Å². The summed E-state index contributed by atoms with van der Waals surface area (Å²) in [5, 5.41) is 9.75. The molecule has 2 aliphatic heterocycles. The first kappa shape index (κ1) is 31.3. The van der Waals surface area contributed by atoms with Gasteiger partial charge in [0.2, 0.25) is 5.91 Å². The van der Waals surface area contributed by atoms with Gasteiger partial charge in [-0.2, -0.15) is 10.2 Å². The number of ether oxygens (including phenoxy) is 1. The van der Waals surface area contributed by atoms with Crippen LogP contribution >= 0.6 is 15.9 Å². The lowest BCUT2D eigenvalue weighted by Gasteiger charge is -2.27. The second-order valence-electron chi connectivity index (χ2n) is 13.2. The van der Waals surface area contributed by atoms with Crippen molar-refractivity contribution in [2.45, 2.75) is 64.9 Å². The quantitative estimate of drug-likeness (QED) is 0.195. The van der Waals surface area contributed by atoms with E-state index in [4.69, 9.17) is 4.74 Å². The van der Waals surface area contributed by atoms with E-state index in [1.807, 2.05) is 23.0 Å². The topological polar surface area (TPSA) is 151 Å². The van der Waals surface area contributed by atoms with Gasteiger partial charge in [-0.25, -0.2) is 15.0 Å². The van der Waals surface area contributed by atoms with Gasteiger partial charge in [-0.3, -0.25) is 28.7 Å². The number of hydrogen-bond acceptors (Lipinski definition) is 10. The SMILES string of the molecule is C=C1COCc2ccc(Br)nc2CC(=O)[C@@H]2C[C@]3(C[C@H]3N2C(=O)Cn2nc(C(C)=O)c3cc(-c4cnc(C)nc4)ncc32)Cn2cc1cn2. The predicted octanol–water partition coefficient (Wildman–Crippen LogP) is 4.17. The van der Waals surface area contributed by atoms with E-state index in [2.05, 4.69) is 52.6 Å². The molecule has 8 rings (SSSR count). The van der Waals surface area contributed by atoms with Gasteiger partial charge in [-0.15, -0.1) is 0 Å². The number of amides is 1. The Morgan fingerprint density at radius 3 is 2.69 bits per heavy atom. The Hall–Kier alpha value is -4.95. The lowest BCUT2D eigenvalue weighted by molar-refractivity contribution is -0.139. The third kappa shape index (κ3) is 5.68. The van der Waals surface area contributed by atoms with E-state index in [0.717, 1.165) is 23.1 Å². The first-order valence-electron chi connectivity index (χ1n) is 16.0. The molecule has 49 heavy (non-hydrogen) atoms. The Morgan fingerprint density at radius 1 is 1.08 bits per heavy atom. The van der Waals surface area contributed by atoms with Crippen LogP contribution in [0.5, 0.6) is 0 Å². The highest BCUT2D eigenvalue weighted by molar-refractivity contribution is 9.10. The van der Waals surface area contributed by atoms with Crippen molar-refractivity contribution in [1.82, 2.24) is 44.4 Å². The number of hydrogen-bond donors (Lipinski definition) is 0. The Kier molecular flexibility index (Phi) is 7.59. The second-order valence-corrected chi connectivity index (χ2v) is 14.0. The molecule has 13 nitrogen and oxygen atoms in total. The third-order valence-electron chi connectivity index (χ3n) is 9.84. The Balaban J connectivity index is 1.14. The highest BCUT2D eigenvalue weighted by Crippen LogP contribution is 2.60. The van der Waals surface area contributed by atoms with E-state index in [1.54, 1.807) is 42.7 Å². The minimum Gasteiger partial charge on any atom is -0.372 e. The van der Waals surface area contributed by atoms with Crippen LogP contribution in [0.15, 0.2) is 60.4 Å². The number of pyridine rings is 2. The maximum atomic E-state index is 14.4. The Labute approximate surface area is 289 Å². The molecule has 7 heterocycles. The Bertz CT molecular complexity index is 2190.